The lowest BCUT2D eigenvalue weighted by atomic mass is 9.85. The number of aromatic nitrogens is 1. The van der Waals surface area contributed by atoms with Crippen molar-refractivity contribution in [2.75, 3.05) is 13.1 Å². The molecule has 3 rings (SSSR count). The lowest BCUT2D eigenvalue weighted by molar-refractivity contribution is 0.00772. The Hall–Kier alpha value is -0.930. The highest BCUT2D eigenvalue weighted by Gasteiger charge is 2.45. The first-order chi connectivity index (χ1) is 9.66. The molecule has 1 N–H and O–H groups in total. The smallest absolute Gasteiger partial charge is 0.0312 e. The molecule has 1 saturated carbocycles. The Morgan fingerprint density at radius 2 is 2.15 bits per heavy atom. The van der Waals surface area contributed by atoms with Crippen molar-refractivity contribution in [1.82, 2.24) is 15.2 Å². The molecule has 3 heteroatoms. The highest BCUT2D eigenvalue weighted by atomic mass is 15.3. The van der Waals surface area contributed by atoms with E-state index in [4.69, 9.17) is 0 Å². The van der Waals surface area contributed by atoms with Crippen molar-refractivity contribution in [3.8, 4) is 0 Å². The van der Waals surface area contributed by atoms with E-state index in [9.17, 15) is 0 Å². The molecular weight excluding hydrogens is 246 g/mol. The topological polar surface area (TPSA) is 28.2 Å². The van der Waals surface area contributed by atoms with E-state index in [-0.39, 0.29) is 5.54 Å². The molecular formula is C17H27N3. The van der Waals surface area contributed by atoms with Crippen LogP contribution >= 0.6 is 0 Å². The fraction of sp³-hybridized carbons (Fsp3) is 0.706. The van der Waals surface area contributed by atoms with E-state index >= 15 is 0 Å². The summed E-state index contributed by atoms with van der Waals surface area (Å²) in [6, 6.07) is 4.25. The van der Waals surface area contributed by atoms with Crippen LogP contribution in [-0.2, 0) is 6.54 Å². The molecule has 2 heterocycles. The van der Waals surface area contributed by atoms with Gasteiger partial charge in [0.1, 0.15) is 0 Å². The van der Waals surface area contributed by atoms with Gasteiger partial charge < -0.3 is 5.32 Å². The zero-order valence-corrected chi connectivity index (χ0v) is 12.9. The van der Waals surface area contributed by atoms with Crippen LogP contribution in [-0.4, -0.2) is 34.1 Å². The Labute approximate surface area is 122 Å². The molecule has 1 aromatic rings. The SMILES string of the molecule is CCC1(C)CNC2(CCCC2)CN1Cc1cccnc1. The van der Waals surface area contributed by atoms with Crippen molar-refractivity contribution < 1.29 is 0 Å². The van der Waals surface area contributed by atoms with Crippen molar-refractivity contribution in [2.24, 2.45) is 0 Å². The lowest BCUT2D eigenvalue weighted by Gasteiger charge is -2.52. The third kappa shape index (κ3) is 2.61. The summed E-state index contributed by atoms with van der Waals surface area (Å²) in [7, 11) is 0. The number of pyridine rings is 1. The Bertz CT molecular complexity index is 439. The summed E-state index contributed by atoms with van der Waals surface area (Å²) < 4.78 is 0. The van der Waals surface area contributed by atoms with Crippen LogP contribution in [0.25, 0.3) is 0 Å². The first kappa shape index (κ1) is 14.0. The molecule has 1 saturated heterocycles. The molecule has 0 amide bonds. The van der Waals surface area contributed by atoms with Crippen LogP contribution in [0.1, 0.15) is 51.5 Å². The largest absolute Gasteiger partial charge is 0.308 e. The van der Waals surface area contributed by atoms with Gasteiger partial charge in [0.15, 0.2) is 0 Å². The average Bonchev–Trinajstić information content (AvgIpc) is 2.93. The number of rotatable bonds is 3. The molecule has 3 nitrogen and oxygen atoms in total. The van der Waals surface area contributed by atoms with Gasteiger partial charge in [0, 0.05) is 43.1 Å². The van der Waals surface area contributed by atoms with Crippen LogP contribution in [0.2, 0.25) is 0 Å². The molecule has 1 atom stereocenters. The number of hydrogen-bond acceptors (Lipinski definition) is 3. The van der Waals surface area contributed by atoms with Crippen LogP contribution in [0.4, 0.5) is 0 Å². The van der Waals surface area contributed by atoms with Gasteiger partial charge in [-0.25, -0.2) is 0 Å². The second-order valence-electron chi connectivity index (χ2n) is 6.91. The van der Waals surface area contributed by atoms with E-state index in [1.54, 1.807) is 0 Å². The lowest BCUT2D eigenvalue weighted by Crippen LogP contribution is -2.67. The summed E-state index contributed by atoms with van der Waals surface area (Å²) >= 11 is 0. The summed E-state index contributed by atoms with van der Waals surface area (Å²) in [6.07, 6.45) is 10.5. The predicted molar refractivity (Wildman–Crippen MR) is 82.5 cm³/mol. The standard InChI is InChI=1S/C17H27N3/c1-3-16(2)13-19-17(8-4-5-9-17)14-20(16)12-15-7-6-10-18-11-15/h6-7,10-11,19H,3-5,8-9,12-14H2,1-2H3. The van der Waals surface area contributed by atoms with Crippen molar-refractivity contribution in [3.05, 3.63) is 30.1 Å². The maximum absolute atomic E-state index is 4.27. The van der Waals surface area contributed by atoms with Crippen molar-refractivity contribution >= 4 is 0 Å². The van der Waals surface area contributed by atoms with E-state index in [0.717, 1.165) is 13.1 Å². The van der Waals surface area contributed by atoms with Gasteiger partial charge in [-0.15, -0.1) is 0 Å². The molecule has 2 aliphatic rings. The normalized spacial score (nSPS) is 29.9. The highest BCUT2D eigenvalue weighted by molar-refractivity contribution is 5.12. The Morgan fingerprint density at radius 1 is 1.35 bits per heavy atom. The van der Waals surface area contributed by atoms with Gasteiger partial charge in [-0.05, 0) is 37.8 Å². The second-order valence-corrected chi connectivity index (χ2v) is 6.91. The van der Waals surface area contributed by atoms with E-state index in [1.807, 2.05) is 18.5 Å². The number of nitrogens with zero attached hydrogens (tertiary/aromatic N) is 2. The third-order valence-corrected chi connectivity index (χ3v) is 5.52. The zero-order valence-electron chi connectivity index (χ0n) is 12.9. The van der Waals surface area contributed by atoms with E-state index in [0.29, 0.717) is 5.54 Å². The molecule has 1 aromatic heterocycles. The van der Waals surface area contributed by atoms with Crippen LogP contribution in [0.3, 0.4) is 0 Å². The molecule has 1 spiro atoms. The fourth-order valence-corrected chi connectivity index (χ4v) is 3.80. The molecule has 1 aliphatic heterocycles. The monoisotopic (exact) mass is 273 g/mol. The van der Waals surface area contributed by atoms with Crippen LogP contribution < -0.4 is 5.32 Å². The first-order valence-electron chi connectivity index (χ1n) is 8.05. The first-order valence-corrected chi connectivity index (χ1v) is 8.05. The quantitative estimate of drug-likeness (QED) is 0.917. The number of piperazine rings is 1. The molecule has 1 unspecified atom stereocenters. The molecule has 0 bridgehead atoms. The van der Waals surface area contributed by atoms with Gasteiger partial charge in [-0.3, -0.25) is 9.88 Å². The van der Waals surface area contributed by atoms with E-state index in [2.05, 4.69) is 35.1 Å². The van der Waals surface area contributed by atoms with Gasteiger partial charge in [0.05, 0.1) is 0 Å². The molecule has 20 heavy (non-hydrogen) atoms. The third-order valence-electron chi connectivity index (χ3n) is 5.52. The number of hydrogen-bond donors (Lipinski definition) is 1. The van der Waals surface area contributed by atoms with Crippen molar-refractivity contribution in [3.63, 3.8) is 0 Å². The van der Waals surface area contributed by atoms with Gasteiger partial charge in [-0.2, -0.15) is 0 Å². The zero-order chi connectivity index (χ0) is 14.1. The highest BCUT2D eigenvalue weighted by Crippen LogP contribution is 2.37. The van der Waals surface area contributed by atoms with Crippen LogP contribution in [0, 0.1) is 0 Å². The minimum Gasteiger partial charge on any atom is -0.308 e. The second kappa shape index (κ2) is 5.45. The maximum Gasteiger partial charge on any atom is 0.0312 e. The summed E-state index contributed by atoms with van der Waals surface area (Å²) in [5.74, 6) is 0. The minimum atomic E-state index is 0.268. The van der Waals surface area contributed by atoms with Gasteiger partial charge in [-0.1, -0.05) is 25.8 Å². The number of nitrogens with one attached hydrogen (secondary N) is 1. The molecule has 110 valence electrons. The summed E-state index contributed by atoms with van der Waals surface area (Å²) in [4.78, 5) is 6.97. The van der Waals surface area contributed by atoms with Gasteiger partial charge >= 0.3 is 0 Å². The van der Waals surface area contributed by atoms with Gasteiger partial charge in [0.25, 0.3) is 0 Å². The van der Waals surface area contributed by atoms with Gasteiger partial charge in [0.2, 0.25) is 0 Å². The Balaban J connectivity index is 1.79. The van der Waals surface area contributed by atoms with Crippen LogP contribution in [0.5, 0.6) is 0 Å². The molecule has 2 fully saturated rings. The molecule has 0 radical (unpaired) electrons. The predicted octanol–water partition coefficient (Wildman–Crippen LogP) is 2.97. The van der Waals surface area contributed by atoms with E-state index in [1.165, 1.54) is 44.2 Å². The summed E-state index contributed by atoms with van der Waals surface area (Å²) in [5.41, 5.74) is 1.99. The minimum absolute atomic E-state index is 0.268. The van der Waals surface area contributed by atoms with Crippen molar-refractivity contribution in [1.29, 1.82) is 0 Å². The van der Waals surface area contributed by atoms with E-state index < -0.39 is 0 Å². The van der Waals surface area contributed by atoms with Crippen molar-refractivity contribution in [2.45, 2.75) is 63.6 Å². The fourth-order valence-electron chi connectivity index (χ4n) is 3.80. The summed E-state index contributed by atoms with van der Waals surface area (Å²) in [6.45, 7) is 8.04. The Morgan fingerprint density at radius 3 is 2.80 bits per heavy atom. The average molecular weight is 273 g/mol. The summed E-state index contributed by atoms with van der Waals surface area (Å²) in [5, 5.41) is 3.89. The Kier molecular flexibility index (Phi) is 3.83. The molecule has 1 aliphatic carbocycles. The van der Waals surface area contributed by atoms with Crippen LogP contribution in [0.15, 0.2) is 24.5 Å². The maximum atomic E-state index is 4.27. The molecule has 0 aromatic carbocycles.